The van der Waals surface area contributed by atoms with E-state index in [1.807, 2.05) is 26.0 Å². The van der Waals surface area contributed by atoms with E-state index in [2.05, 4.69) is 5.32 Å². The molecule has 5 nitrogen and oxygen atoms in total. The second-order valence-corrected chi connectivity index (χ2v) is 7.75. The largest absolute Gasteiger partial charge is 0.326 e. The first kappa shape index (κ1) is 15.8. The van der Waals surface area contributed by atoms with Crippen molar-refractivity contribution < 1.29 is 13.2 Å². The minimum atomic E-state index is -3.28. The number of rotatable bonds is 4. The lowest BCUT2D eigenvalue weighted by molar-refractivity contribution is -0.118. The Morgan fingerprint density at radius 2 is 2.10 bits per heavy atom. The molecule has 0 bridgehead atoms. The smallest absolute Gasteiger partial charge is 0.234 e. The molecule has 0 fully saturated rings. The molecule has 0 unspecified atom stereocenters. The molecule has 1 aromatic carbocycles. The lowest BCUT2D eigenvalue weighted by Crippen LogP contribution is -2.36. The molecule has 1 amide bonds. The van der Waals surface area contributed by atoms with E-state index in [4.69, 9.17) is 0 Å². The van der Waals surface area contributed by atoms with E-state index in [0.29, 0.717) is 17.9 Å². The van der Waals surface area contributed by atoms with Gasteiger partial charge >= 0.3 is 0 Å². The van der Waals surface area contributed by atoms with Gasteiger partial charge in [-0.15, -0.1) is 0 Å². The number of amides is 1. The first-order valence-electron chi connectivity index (χ1n) is 7.29. The Kier molecular flexibility index (Phi) is 4.56. The number of nitrogens with zero attached hydrogens (tertiary/aromatic N) is 1. The molecule has 0 aliphatic carbocycles. The maximum atomic E-state index is 12.2. The zero-order chi connectivity index (χ0) is 15.6. The summed E-state index contributed by atoms with van der Waals surface area (Å²) in [6, 6.07) is 5.51. The molecule has 1 aromatic rings. The predicted octanol–water partition coefficient (Wildman–Crippen LogP) is 2.38. The van der Waals surface area contributed by atoms with E-state index in [1.54, 1.807) is 13.0 Å². The van der Waals surface area contributed by atoms with Gasteiger partial charge in [0.05, 0.1) is 11.4 Å². The maximum Gasteiger partial charge on any atom is 0.234 e. The fourth-order valence-corrected chi connectivity index (χ4v) is 3.54. The number of fused-ring (bicyclic) bond motifs is 1. The van der Waals surface area contributed by atoms with Crippen LogP contribution in [-0.2, 0) is 21.2 Å². The van der Waals surface area contributed by atoms with Gasteiger partial charge in [-0.25, -0.2) is 8.42 Å². The molecule has 0 aromatic heterocycles. The normalized spacial score (nSPS) is 15.0. The van der Waals surface area contributed by atoms with E-state index in [1.165, 1.54) is 4.31 Å². The van der Waals surface area contributed by atoms with Crippen LogP contribution in [0.3, 0.4) is 0 Å². The summed E-state index contributed by atoms with van der Waals surface area (Å²) in [5.74, 6) is -0.109. The van der Waals surface area contributed by atoms with Crippen LogP contribution in [0.1, 0.15) is 32.8 Å². The monoisotopic (exact) mass is 310 g/mol. The summed E-state index contributed by atoms with van der Waals surface area (Å²) in [4.78, 5) is 11.8. The predicted molar refractivity (Wildman–Crippen MR) is 85.0 cm³/mol. The minimum Gasteiger partial charge on any atom is -0.326 e. The maximum absolute atomic E-state index is 12.2. The van der Waals surface area contributed by atoms with E-state index in [-0.39, 0.29) is 17.6 Å². The lowest BCUT2D eigenvalue weighted by atomic mass is 10.0. The molecule has 21 heavy (non-hydrogen) atoms. The van der Waals surface area contributed by atoms with Gasteiger partial charge in [0.15, 0.2) is 0 Å². The third-order valence-electron chi connectivity index (χ3n) is 3.65. The van der Waals surface area contributed by atoms with Gasteiger partial charge in [0, 0.05) is 18.2 Å². The van der Waals surface area contributed by atoms with Crippen LogP contribution in [0.4, 0.5) is 11.4 Å². The van der Waals surface area contributed by atoms with E-state index < -0.39 is 10.0 Å². The average Bonchev–Trinajstić information content (AvgIpc) is 2.46. The summed E-state index contributed by atoms with van der Waals surface area (Å²) < 4.78 is 25.9. The zero-order valence-corrected chi connectivity index (χ0v) is 13.5. The van der Waals surface area contributed by atoms with Gasteiger partial charge in [-0.2, -0.15) is 0 Å². The molecule has 2 rings (SSSR count). The fourth-order valence-electron chi connectivity index (χ4n) is 2.35. The van der Waals surface area contributed by atoms with Crippen LogP contribution >= 0.6 is 0 Å². The van der Waals surface area contributed by atoms with Crippen LogP contribution < -0.4 is 9.62 Å². The minimum absolute atomic E-state index is 0.0735. The summed E-state index contributed by atoms with van der Waals surface area (Å²) in [6.45, 7) is 5.79. The van der Waals surface area contributed by atoms with Crippen molar-refractivity contribution in [1.82, 2.24) is 0 Å². The van der Waals surface area contributed by atoms with E-state index in [9.17, 15) is 13.2 Å². The molecule has 1 N–H and O–H groups in total. The first-order chi connectivity index (χ1) is 9.85. The summed E-state index contributed by atoms with van der Waals surface area (Å²) in [5.41, 5.74) is 2.36. The Labute approximate surface area is 126 Å². The van der Waals surface area contributed by atoms with Gasteiger partial charge in [-0.3, -0.25) is 9.10 Å². The summed E-state index contributed by atoms with van der Waals surface area (Å²) in [6.07, 6.45) is 1.69. The average molecular weight is 310 g/mol. The Balaban J connectivity index is 2.36. The van der Waals surface area contributed by atoms with Crippen LogP contribution in [0.5, 0.6) is 0 Å². The molecule has 0 saturated carbocycles. The summed E-state index contributed by atoms with van der Waals surface area (Å²) in [7, 11) is -3.28. The van der Waals surface area contributed by atoms with Crippen molar-refractivity contribution in [1.29, 1.82) is 0 Å². The quantitative estimate of drug-likeness (QED) is 0.928. The van der Waals surface area contributed by atoms with Crippen molar-refractivity contribution in [2.45, 2.75) is 33.6 Å². The molecular formula is C15H22N2O3S. The number of hydrogen-bond donors (Lipinski definition) is 1. The Hall–Kier alpha value is -1.56. The van der Waals surface area contributed by atoms with Crippen LogP contribution in [0.2, 0.25) is 0 Å². The van der Waals surface area contributed by atoms with Gasteiger partial charge < -0.3 is 5.32 Å². The van der Waals surface area contributed by atoms with Crippen molar-refractivity contribution in [3.63, 3.8) is 0 Å². The van der Waals surface area contributed by atoms with Crippen LogP contribution in [-0.4, -0.2) is 26.6 Å². The highest BCUT2D eigenvalue weighted by Crippen LogP contribution is 2.32. The van der Waals surface area contributed by atoms with Crippen molar-refractivity contribution in [3.8, 4) is 0 Å². The molecule has 6 heteroatoms. The molecule has 0 radical (unpaired) electrons. The topological polar surface area (TPSA) is 66.5 Å². The van der Waals surface area contributed by atoms with Gasteiger partial charge in [-0.1, -0.05) is 19.9 Å². The van der Waals surface area contributed by atoms with Crippen molar-refractivity contribution >= 4 is 27.3 Å². The molecule has 1 aliphatic rings. The third kappa shape index (κ3) is 3.37. The number of anilines is 2. The van der Waals surface area contributed by atoms with Crippen molar-refractivity contribution in [2.24, 2.45) is 5.92 Å². The standard InChI is InChI=1S/C15H22N2O3S/c1-4-21(19,20)17-9-5-6-12-7-8-13(10-14(12)17)16-15(18)11(2)3/h7-8,10-11H,4-6,9H2,1-3H3,(H,16,18). The molecule has 1 heterocycles. The highest BCUT2D eigenvalue weighted by Gasteiger charge is 2.26. The highest BCUT2D eigenvalue weighted by molar-refractivity contribution is 7.92. The van der Waals surface area contributed by atoms with Gasteiger partial charge in [0.2, 0.25) is 15.9 Å². The molecule has 0 atom stereocenters. The van der Waals surface area contributed by atoms with E-state index in [0.717, 1.165) is 18.4 Å². The molecule has 116 valence electrons. The number of sulfonamides is 1. The molecule has 0 spiro atoms. The Bertz CT molecular complexity index is 638. The van der Waals surface area contributed by atoms with Crippen molar-refractivity contribution in [2.75, 3.05) is 21.9 Å². The second kappa shape index (κ2) is 6.05. The van der Waals surface area contributed by atoms with Crippen LogP contribution in [0.25, 0.3) is 0 Å². The number of nitrogens with one attached hydrogen (secondary N) is 1. The number of benzene rings is 1. The van der Waals surface area contributed by atoms with Crippen LogP contribution in [0.15, 0.2) is 18.2 Å². The van der Waals surface area contributed by atoms with Gasteiger partial charge in [-0.05, 0) is 37.5 Å². The SMILES string of the molecule is CCS(=O)(=O)N1CCCc2ccc(NC(=O)C(C)C)cc21. The Morgan fingerprint density at radius 1 is 1.38 bits per heavy atom. The van der Waals surface area contributed by atoms with E-state index >= 15 is 0 Å². The molecular weight excluding hydrogens is 288 g/mol. The number of hydrogen-bond acceptors (Lipinski definition) is 3. The molecule has 0 saturated heterocycles. The lowest BCUT2D eigenvalue weighted by Gasteiger charge is -2.30. The summed E-state index contributed by atoms with van der Waals surface area (Å²) in [5, 5.41) is 2.82. The fraction of sp³-hybridized carbons (Fsp3) is 0.533. The number of aryl methyl sites for hydroxylation is 1. The first-order valence-corrected chi connectivity index (χ1v) is 8.90. The molecule has 1 aliphatic heterocycles. The van der Waals surface area contributed by atoms with Gasteiger partial charge in [0.25, 0.3) is 0 Å². The second-order valence-electron chi connectivity index (χ2n) is 5.56. The highest BCUT2D eigenvalue weighted by atomic mass is 32.2. The van der Waals surface area contributed by atoms with Crippen LogP contribution in [0, 0.1) is 5.92 Å². The zero-order valence-electron chi connectivity index (χ0n) is 12.7. The summed E-state index contributed by atoms with van der Waals surface area (Å²) >= 11 is 0. The third-order valence-corrected chi connectivity index (χ3v) is 5.43. The number of carbonyl (C=O) groups excluding carboxylic acids is 1. The number of carbonyl (C=O) groups is 1. The van der Waals surface area contributed by atoms with Crippen molar-refractivity contribution in [3.05, 3.63) is 23.8 Å². The Morgan fingerprint density at radius 3 is 2.71 bits per heavy atom. The van der Waals surface area contributed by atoms with Gasteiger partial charge in [0.1, 0.15) is 0 Å².